The highest BCUT2D eigenvalue weighted by atomic mass is 32.1. The highest BCUT2D eigenvalue weighted by Gasteiger charge is 2.18. The van der Waals surface area contributed by atoms with Crippen molar-refractivity contribution in [1.29, 1.82) is 0 Å². The van der Waals surface area contributed by atoms with E-state index in [0.29, 0.717) is 21.8 Å². The van der Waals surface area contributed by atoms with Gasteiger partial charge >= 0.3 is 5.97 Å². The Morgan fingerprint density at radius 1 is 0.968 bits per heavy atom. The molecule has 9 heteroatoms. The Morgan fingerprint density at radius 2 is 1.61 bits per heavy atom. The summed E-state index contributed by atoms with van der Waals surface area (Å²) >= 11 is 1.25. The molecule has 0 radical (unpaired) electrons. The molecular weight excluding hydrogens is 420 g/mol. The van der Waals surface area contributed by atoms with E-state index in [9.17, 15) is 9.59 Å². The number of hydrogen-bond acceptors (Lipinski definition) is 7. The topological polar surface area (TPSA) is 88.4 Å². The number of ether oxygens (including phenoxy) is 4. The summed E-state index contributed by atoms with van der Waals surface area (Å²) in [5.74, 6) is 1.08. The van der Waals surface area contributed by atoms with E-state index >= 15 is 0 Å². The van der Waals surface area contributed by atoms with Crippen LogP contribution in [-0.2, 0) is 27.3 Å². The summed E-state index contributed by atoms with van der Waals surface area (Å²) in [6.45, 7) is 1.80. The normalized spacial score (nSPS) is 11.5. The smallest absolute Gasteiger partial charge is 0.325 e. The van der Waals surface area contributed by atoms with Gasteiger partial charge in [0, 0.05) is 0 Å². The molecule has 0 atom stereocenters. The molecule has 3 rings (SSSR count). The fourth-order valence-corrected chi connectivity index (χ4v) is 4.41. The number of amides is 1. The number of methoxy groups -OCH3 is 4. The van der Waals surface area contributed by atoms with Crippen LogP contribution >= 0.6 is 11.3 Å². The summed E-state index contributed by atoms with van der Waals surface area (Å²) in [7, 11) is 6.00. The third-order valence-corrected chi connectivity index (χ3v) is 5.84. The molecule has 0 fully saturated rings. The van der Waals surface area contributed by atoms with Gasteiger partial charge in [-0.15, -0.1) is 0 Å². The van der Waals surface area contributed by atoms with E-state index in [2.05, 4.69) is 4.99 Å². The summed E-state index contributed by atoms with van der Waals surface area (Å²) in [5.41, 5.74) is 2.37. The second kappa shape index (κ2) is 9.65. The lowest BCUT2D eigenvalue weighted by Gasteiger charge is -2.09. The van der Waals surface area contributed by atoms with Gasteiger partial charge in [0.1, 0.15) is 34.0 Å². The van der Waals surface area contributed by atoms with Crippen LogP contribution in [0.5, 0.6) is 17.2 Å². The van der Waals surface area contributed by atoms with Crippen molar-refractivity contribution in [2.45, 2.75) is 19.9 Å². The Kier molecular flexibility index (Phi) is 6.96. The molecule has 0 unspecified atom stereocenters. The van der Waals surface area contributed by atoms with E-state index in [1.54, 1.807) is 30.9 Å². The zero-order chi connectivity index (χ0) is 22.5. The minimum absolute atomic E-state index is 0.117. The van der Waals surface area contributed by atoms with Crippen molar-refractivity contribution < 1.29 is 28.5 Å². The van der Waals surface area contributed by atoms with Crippen LogP contribution in [0.25, 0.3) is 10.2 Å². The van der Waals surface area contributed by atoms with Gasteiger partial charge in [0.25, 0.3) is 5.91 Å². The first-order chi connectivity index (χ1) is 14.9. The summed E-state index contributed by atoms with van der Waals surface area (Å²) in [6.07, 6.45) is 0.117. The van der Waals surface area contributed by atoms with Crippen molar-refractivity contribution in [2.24, 2.45) is 4.99 Å². The van der Waals surface area contributed by atoms with E-state index < -0.39 is 5.97 Å². The van der Waals surface area contributed by atoms with Gasteiger partial charge in [0.2, 0.25) is 0 Å². The standard InChI is InChI=1S/C22H24N2O6S/c1-13-10-14(6-7-15(13)27-2)11-18(25)23-22-24(12-19(26)30-5)20-16(28-3)8-9-17(29-4)21(20)31-22/h6-10H,11-12H2,1-5H3. The van der Waals surface area contributed by atoms with Crippen LogP contribution in [0, 0.1) is 6.92 Å². The minimum atomic E-state index is -0.468. The van der Waals surface area contributed by atoms with Crippen LogP contribution in [0.1, 0.15) is 11.1 Å². The quantitative estimate of drug-likeness (QED) is 0.521. The van der Waals surface area contributed by atoms with Gasteiger partial charge in [-0.05, 0) is 36.2 Å². The molecule has 0 spiro atoms. The van der Waals surface area contributed by atoms with Gasteiger partial charge in [0.15, 0.2) is 4.80 Å². The Hall–Kier alpha value is -3.33. The lowest BCUT2D eigenvalue weighted by Crippen LogP contribution is -2.23. The van der Waals surface area contributed by atoms with E-state index in [1.807, 2.05) is 25.1 Å². The van der Waals surface area contributed by atoms with Crippen LogP contribution in [0.3, 0.4) is 0 Å². The van der Waals surface area contributed by atoms with Gasteiger partial charge in [-0.3, -0.25) is 9.59 Å². The molecule has 0 aliphatic rings. The first-order valence-corrected chi connectivity index (χ1v) is 10.3. The second-order valence-corrected chi connectivity index (χ2v) is 7.66. The maximum Gasteiger partial charge on any atom is 0.325 e. The molecule has 0 saturated carbocycles. The van der Waals surface area contributed by atoms with Crippen molar-refractivity contribution in [2.75, 3.05) is 28.4 Å². The van der Waals surface area contributed by atoms with Crippen molar-refractivity contribution in [3.05, 3.63) is 46.3 Å². The molecule has 1 heterocycles. The van der Waals surface area contributed by atoms with Gasteiger partial charge in [0.05, 0.1) is 34.9 Å². The number of fused-ring (bicyclic) bond motifs is 1. The first-order valence-electron chi connectivity index (χ1n) is 9.44. The molecule has 8 nitrogen and oxygen atoms in total. The molecule has 0 aliphatic carbocycles. The summed E-state index contributed by atoms with van der Waals surface area (Å²) in [5, 5.41) is 0. The largest absolute Gasteiger partial charge is 0.496 e. The van der Waals surface area contributed by atoms with E-state index in [4.69, 9.17) is 18.9 Å². The van der Waals surface area contributed by atoms with E-state index in [1.165, 1.54) is 25.6 Å². The van der Waals surface area contributed by atoms with Gasteiger partial charge < -0.3 is 23.5 Å². The summed E-state index contributed by atoms with van der Waals surface area (Å²) < 4.78 is 23.3. The second-order valence-electron chi connectivity index (χ2n) is 6.68. The van der Waals surface area contributed by atoms with Crippen molar-refractivity contribution in [3.8, 4) is 17.2 Å². The highest BCUT2D eigenvalue weighted by Crippen LogP contribution is 2.35. The number of rotatable bonds is 7. The zero-order valence-electron chi connectivity index (χ0n) is 18.1. The maximum atomic E-state index is 12.8. The molecule has 3 aromatic rings. The summed E-state index contributed by atoms with van der Waals surface area (Å²) in [4.78, 5) is 29.5. The van der Waals surface area contributed by atoms with Gasteiger partial charge in [-0.1, -0.05) is 23.5 Å². The Morgan fingerprint density at radius 3 is 2.23 bits per heavy atom. The Bertz CT molecular complexity index is 1190. The average Bonchev–Trinajstić information content (AvgIpc) is 3.10. The molecule has 1 amide bonds. The molecular formula is C22H24N2O6S. The number of nitrogens with zero attached hydrogens (tertiary/aromatic N) is 2. The van der Waals surface area contributed by atoms with Crippen LogP contribution in [0.2, 0.25) is 0 Å². The molecule has 2 aromatic carbocycles. The number of esters is 1. The van der Waals surface area contributed by atoms with E-state index in [0.717, 1.165) is 21.6 Å². The fraction of sp³-hybridized carbons (Fsp3) is 0.318. The molecule has 0 aliphatic heterocycles. The number of hydrogen-bond donors (Lipinski definition) is 0. The number of aryl methyl sites for hydroxylation is 1. The SMILES string of the molecule is COC(=O)Cn1c(=NC(=O)Cc2ccc(OC)c(C)c2)sc2c(OC)ccc(OC)c21. The number of aromatic nitrogens is 1. The Labute approximate surface area is 183 Å². The lowest BCUT2D eigenvalue weighted by atomic mass is 10.1. The van der Waals surface area contributed by atoms with Gasteiger partial charge in [-0.2, -0.15) is 4.99 Å². The van der Waals surface area contributed by atoms with Gasteiger partial charge in [-0.25, -0.2) is 0 Å². The number of carbonyl (C=O) groups excluding carboxylic acids is 2. The van der Waals surface area contributed by atoms with Crippen LogP contribution in [0.4, 0.5) is 0 Å². The Balaban J connectivity index is 2.09. The predicted molar refractivity (Wildman–Crippen MR) is 117 cm³/mol. The van der Waals surface area contributed by atoms with Crippen LogP contribution in [0.15, 0.2) is 35.3 Å². The first kappa shape index (κ1) is 22.4. The molecule has 0 N–H and O–H groups in total. The number of carbonyl (C=O) groups is 2. The van der Waals surface area contributed by atoms with Crippen LogP contribution < -0.4 is 19.0 Å². The minimum Gasteiger partial charge on any atom is -0.496 e. The molecule has 164 valence electrons. The lowest BCUT2D eigenvalue weighted by molar-refractivity contribution is -0.141. The fourth-order valence-electron chi connectivity index (χ4n) is 3.25. The third-order valence-electron chi connectivity index (χ3n) is 4.74. The van der Waals surface area contributed by atoms with Crippen molar-refractivity contribution in [1.82, 2.24) is 4.57 Å². The molecule has 0 saturated heterocycles. The summed E-state index contributed by atoms with van der Waals surface area (Å²) in [6, 6.07) is 9.06. The van der Waals surface area contributed by atoms with Crippen LogP contribution in [-0.4, -0.2) is 44.9 Å². The molecule has 1 aromatic heterocycles. The third kappa shape index (κ3) is 4.72. The maximum absolute atomic E-state index is 12.8. The van der Waals surface area contributed by atoms with E-state index in [-0.39, 0.29) is 18.9 Å². The average molecular weight is 445 g/mol. The molecule has 0 bridgehead atoms. The molecule has 31 heavy (non-hydrogen) atoms. The monoisotopic (exact) mass is 444 g/mol. The zero-order valence-corrected chi connectivity index (χ0v) is 18.9. The predicted octanol–water partition coefficient (Wildman–Crippen LogP) is 2.88. The highest BCUT2D eigenvalue weighted by molar-refractivity contribution is 7.16. The van der Waals surface area contributed by atoms with Crippen molar-refractivity contribution >= 4 is 33.4 Å². The number of thiazole rings is 1. The van der Waals surface area contributed by atoms with Crippen molar-refractivity contribution in [3.63, 3.8) is 0 Å². The number of benzene rings is 2.